The number of ether oxygens (including phenoxy) is 1. The molecule has 0 radical (unpaired) electrons. The Morgan fingerprint density at radius 3 is 2.61 bits per heavy atom. The van der Waals surface area contributed by atoms with Crippen molar-refractivity contribution in [3.05, 3.63) is 64.5 Å². The van der Waals surface area contributed by atoms with E-state index in [9.17, 15) is 14.4 Å². The van der Waals surface area contributed by atoms with E-state index in [1.54, 1.807) is 13.8 Å². The molecule has 3 atom stereocenters. The summed E-state index contributed by atoms with van der Waals surface area (Å²) in [6, 6.07) is 6.62. The molecule has 2 fully saturated rings. The van der Waals surface area contributed by atoms with E-state index in [2.05, 4.69) is 10.6 Å². The molecule has 2 aromatic carbocycles. The Bertz CT molecular complexity index is 1450. The van der Waals surface area contributed by atoms with Crippen molar-refractivity contribution in [2.75, 3.05) is 18.4 Å². The van der Waals surface area contributed by atoms with Gasteiger partial charge in [0.2, 0.25) is 11.8 Å². The number of hydrogen-bond acceptors (Lipinski definition) is 6. The minimum absolute atomic E-state index is 0.0752. The van der Waals surface area contributed by atoms with E-state index in [0.29, 0.717) is 0 Å². The summed E-state index contributed by atoms with van der Waals surface area (Å²) in [6.45, 7) is -3.56. The molecule has 3 aliphatic heterocycles. The van der Waals surface area contributed by atoms with Crippen LogP contribution < -0.4 is 10.6 Å². The van der Waals surface area contributed by atoms with Gasteiger partial charge in [-0.2, -0.15) is 0 Å². The molecule has 3 heterocycles. The van der Waals surface area contributed by atoms with Crippen molar-refractivity contribution in [1.82, 2.24) is 15.1 Å². The molecule has 8 nitrogen and oxygen atoms in total. The van der Waals surface area contributed by atoms with Crippen molar-refractivity contribution < 1.29 is 31.7 Å². The Morgan fingerprint density at radius 1 is 1.14 bits per heavy atom. The largest absolute Gasteiger partial charge is 0.381 e. The van der Waals surface area contributed by atoms with Crippen LogP contribution in [0.15, 0.2) is 36.4 Å². The Labute approximate surface area is 218 Å². The number of carbonyl (C=O) groups is 3. The van der Waals surface area contributed by atoms with Crippen molar-refractivity contribution in [2.45, 2.75) is 64.4 Å². The van der Waals surface area contributed by atoms with E-state index in [4.69, 9.17) is 13.0 Å². The van der Waals surface area contributed by atoms with E-state index in [-0.39, 0.29) is 60.5 Å². The second kappa shape index (κ2) is 9.99. The van der Waals surface area contributed by atoms with Gasteiger partial charge in [0, 0.05) is 69.7 Å². The minimum Gasteiger partial charge on any atom is -0.381 e. The lowest BCUT2D eigenvalue weighted by atomic mass is 10.0. The SMILES string of the molecule is [2H]C([2H])(Nc1cccc2c1C([2H])([2H])N(C1CCC(=O)NC1=O)C2=O)c1cccc(C([2H])([2H])N2CC(C)OC(C)C2)c1F. The zero-order chi connectivity index (χ0) is 30.8. The Balaban J connectivity index is 1.48. The minimum atomic E-state index is -2.68. The molecule has 0 spiro atoms. The van der Waals surface area contributed by atoms with Crippen LogP contribution in [0.3, 0.4) is 0 Å². The number of benzene rings is 2. The maximum atomic E-state index is 16.0. The van der Waals surface area contributed by atoms with Crippen LogP contribution >= 0.6 is 0 Å². The molecule has 2 aromatic rings. The first-order valence-electron chi connectivity index (χ1n) is 14.8. The molecule has 3 amide bonds. The summed E-state index contributed by atoms with van der Waals surface area (Å²) in [5.41, 5.74) is -1.35. The monoisotopic (exact) mass is 500 g/mol. The lowest BCUT2D eigenvalue weighted by molar-refractivity contribution is -0.136. The van der Waals surface area contributed by atoms with Crippen LogP contribution in [0.4, 0.5) is 10.1 Å². The molecule has 36 heavy (non-hydrogen) atoms. The number of imide groups is 1. The van der Waals surface area contributed by atoms with Crippen molar-refractivity contribution in [2.24, 2.45) is 0 Å². The summed E-state index contributed by atoms with van der Waals surface area (Å²) in [7, 11) is 0. The normalized spacial score (nSPS) is 29.2. The summed E-state index contributed by atoms with van der Waals surface area (Å²) < 4.78 is 74.2. The first-order chi connectivity index (χ1) is 19.6. The van der Waals surface area contributed by atoms with Gasteiger partial charge in [0.1, 0.15) is 11.9 Å². The molecule has 0 aliphatic carbocycles. The van der Waals surface area contributed by atoms with Crippen LogP contribution in [0, 0.1) is 5.82 Å². The molecule has 0 aromatic heterocycles. The fourth-order valence-corrected chi connectivity index (χ4v) is 4.69. The van der Waals surface area contributed by atoms with Crippen LogP contribution in [0.1, 0.15) is 62.0 Å². The summed E-state index contributed by atoms with van der Waals surface area (Å²) in [4.78, 5) is 39.7. The van der Waals surface area contributed by atoms with Gasteiger partial charge in [-0.1, -0.05) is 24.3 Å². The number of nitrogens with zero attached hydrogens (tertiary/aromatic N) is 2. The van der Waals surface area contributed by atoms with E-state index in [0.717, 1.165) is 4.90 Å². The maximum absolute atomic E-state index is 16.0. The molecule has 0 bridgehead atoms. The van der Waals surface area contributed by atoms with Crippen molar-refractivity contribution in [1.29, 1.82) is 0 Å². The van der Waals surface area contributed by atoms with Crippen LogP contribution in [0.25, 0.3) is 0 Å². The third-order valence-corrected chi connectivity index (χ3v) is 6.30. The van der Waals surface area contributed by atoms with Crippen LogP contribution in [-0.4, -0.2) is 58.9 Å². The third kappa shape index (κ3) is 4.85. The predicted molar refractivity (Wildman–Crippen MR) is 131 cm³/mol. The Kier molecular flexibility index (Phi) is 5.00. The van der Waals surface area contributed by atoms with Crippen molar-refractivity contribution in [3.63, 3.8) is 0 Å². The van der Waals surface area contributed by atoms with Gasteiger partial charge in [0.15, 0.2) is 0 Å². The lowest BCUT2D eigenvalue weighted by Gasteiger charge is -2.35. The summed E-state index contributed by atoms with van der Waals surface area (Å²) in [6.07, 6.45) is -0.735. The Morgan fingerprint density at radius 2 is 1.86 bits per heavy atom. The van der Waals surface area contributed by atoms with Gasteiger partial charge in [0.05, 0.1) is 17.7 Å². The summed E-state index contributed by atoms with van der Waals surface area (Å²) in [5.74, 6) is -3.24. The zero-order valence-corrected chi connectivity index (χ0v) is 19.9. The highest BCUT2D eigenvalue weighted by atomic mass is 19.1. The molecular formula is C27H31FN4O4. The van der Waals surface area contributed by atoms with E-state index in [1.807, 2.05) is 0 Å². The number of fused-ring (bicyclic) bond motifs is 1. The van der Waals surface area contributed by atoms with Crippen molar-refractivity contribution >= 4 is 23.4 Å². The topological polar surface area (TPSA) is 91.0 Å². The van der Waals surface area contributed by atoms with Crippen LogP contribution in [-0.2, 0) is 33.8 Å². The number of piperidine rings is 1. The first kappa shape index (κ1) is 18.0. The molecule has 0 saturated carbocycles. The highest BCUT2D eigenvalue weighted by Gasteiger charge is 2.39. The van der Waals surface area contributed by atoms with Crippen LogP contribution in [0.5, 0.6) is 0 Å². The molecule has 2 N–H and O–H groups in total. The zero-order valence-electron chi connectivity index (χ0n) is 25.9. The molecule has 5 rings (SSSR count). The van der Waals surface area contributed by atoms with E-state index in [1.165, 1.54) is 41.3 Å². The first-order valence-corrected chi connectivity index (χ1v) is 11.8. The van der Waals surface area contributed by atoms with Gasteiger partial charge in [-0.05, 0) is 32.4 Å². The second-order valence-corrected chi connectivity index (χ2v) is 9.17. The molecule has 3 unspecified atom stereocenters. The fraction of sp³-hybridized carbons (Fsp3) is 0.444. The summed E-state index contributed by atoms with van der Waals surface area (Å²) in [5, 5.41) is 4.65. The van der Waals surface area contributed by atoms with Crippen molar-refractivity contribution in [3.8, 4) is 0 Å². The lowest BCUT2D eigenvalue weighted by Crippen LogP contribution is -2.52. The summed E-state index contributed by atoms with van der Waals surface area (Å²) >= 11 is 0. The number of anilines is 1. The fourth-order valence-electron chi connectivity index (χ4n) is 4.69. The standard InChI is InChI=1S/C27H31FN4O4/c1-16-12-31(13-17(2)36-16)14-19-6-3-5-18(25(19)28)11-29-22-8-4-7-20-21(22)15-32(27(20)35)23-9-10-24(33)30-26(23)34/h3-8,16-17,23,29H,9-15H2,1-2H3,(H,30,33,34)/i11D2,14D2,15D2. The quantitative estimate of drug-likeness (QED) is 0.593. The van der Waals surface area contributed by atoms with E-state index < -0.39 is 54.6 Å². The average Bonchev–Trinajstić information content (AvgIpc) is 3.09. The number of nitrogens with one attached hydrogen (secondary N) is 2. The average molecular weight is 501 g/mol. The number of halogens is 1. The maximum Gasteiger partial charge on any atom is 0.255 e. The number of hydrogen-bond donors (Lipinski definition) is 2. The second-order valence-electron chi connectivity index (χ2n) is 9.17. The highest BCUT2D eigenvalue weighted by molar-refractivity contribution is 6.06. The highest BCUT2D eigenvalue weighted by Crippen LogP contribution is 2.32. The molecular weight excluding hydrogens is 463 g/mol. The number of amides is 3. The van der Waals surface area contributed by atoms with Gasteiger partial charge in [0.25, 0.3) is 5.91 Å². The van der Waals surface area contributed by atoms with Gasteiger partial charge in [-0.15, -0.1) is 0 Å². The van der Waals surface area contributed by atoms with Gasteiger partial charge >= 0.3 is 0 Å². The van der Waals surface area contributed by atoms with Gasteiger partial charge in [-0.25, -0.2) is 4.39 Å². The molecule has 9 heteroatoms. The predicted octanol–water partition coefficient (Wildman–Crippen LogP) is 2.81. The number of carbonyl (C=O) groups excluding carboxylic acids is 3. The van der Waals surface area contributed by atoms with Gasteiger partial charge < -0.3 is 15.0 Å². The number of rotatable bonds is 6. The smallest absolute Gasteiger partial charge is 0.255 e. The molecule has 3 aliphatic rings. The van der Waals surface area contributed by atoms with E-state index >= 15 is 4.39 Å². The molecule has 2 saturated heterocycles. The van der Waals surface area contributed by atoms with Gasteiger partial charge in [-0.3, -0.25) is 24.6 Å². The molecule has 190 valence electrons. The van der Waals surface area contributed by atoms with Crippen LogP contribution in [0.2, 0.25) is 0 Å². The third-order valence-electron chi connectivity index (χ3n) is 6.30. The Hall–Kier alpha value is -3.30. The number of morpholine rings is 1.